The van der Waals surface area contributed by atoms with Crippen LogP contribution in [0.5, 0.6) is 11.5 Å². The summed E-state index contributed by atoms with van der Waals surface area (Å²) in [7, 11) is 3.24. The smallest absolute Gasteiger partial charge is 0.220 e. The molecule has 0 saturated carbocycles. The van der Waals surface area contributed by atoms with Crippen molar-refractivity contribution in [1.29, 1.82) is 0 Å². The van der Waals surface area contributed by atoms with E-state index in [1.54, 1.807) is 25.6 Å². The Kier molecular flexibility index (Phi) is 5.00. The molecule has 3 aromatic rings. The summed E-state index contributed by atoms with van der Waals surface area (Å²) in [6.45, 7) is 0.433. The second-order valence-corrected chi connectivity index (χ2v) is 6.15. The molecule has 3 rings (SSSR count). The Hall–Kier alpha value is -2.54. The van der Waals surface area contributed by atoms with Crippen molar-refractivity contribution in [3.63, 3.8) is 0 Å². The van der Waals surface area contributed by atoms with E-state index in [9.17, 15) is 4.79 Å². The molecule has 0 spiro atoms. The third-order valence-corrected chi connectivity index (χ3v) is 4.49. The predicted octanol–water partition coefficient (Wildman–Crippen LogP) is 2.66. The molecule has 1 amide bonds. The van der Waals surface area contributed by atoms with Gasteiger partial charge in [0.15, 0.2) is 4.96 Å². The largest absolute Gasteiger partial charge is 0.497 e. The minimum atomic E-state index is -0.0174. The Morgan fingerprint density at radius 3 is 2.96 bits per heavy atom. The normalized spacial score (nSPS) is 10.8. The zero-order chi connectivity index (χ0) is 16.9. The first-order valence-electron chi connectivity index (χ1n) is 7.58. The number of carbonyl (C=O) groups is 1. The molecule has 0 aliphatic rings. The number of nitrogens with one attached hydrogen (secondary N) is 1. The van der Waals surface area contributed by atoms with Crippen LogP contribution in [0, 0.1) is 0 Å². The molecule has 0 aliphatic heterocycles. The maximum atomic E-state index is 12.1. The Bertz CT molecular complexity index is 812. The fourth-order valence-corrected chi connectivity index (χ4v) is 3.18. The van der Waals surface area contributed by atoms with Crippen LogP contribution in [0.4, 0.5) is 0 Å². The van der Waals surface area contributed by atoms with Crippen molar-refractivity contribution in [3.8, 4) is 11.5 Å². The lowest BCUT2D eigenvalue weighted by molar-refractivity contribution is -0.121. The third kappa shape index (κ3) is 3.68. The van der Waals surface area contributed by atoms with E-state index in [1.807, 2.05) is 40.4 Å². The van der Waals surface area contributed by atoms with Crippen LogP contribution in [0.15, 0.2) is 36.0 Å². The van der Waals surface area contributed by atoms with E-state index in [-0.39, 0.29) is 5.91 Å². The molecule has 2 heterocycles. The van der Waals surface area contributed by atoms with E-state index in [1.165, 1.54) is 0 Å². The standard InChI is InChI=1S/C17H19N3O3S/c1-22-14-4-5-15(23-2)12(9-14)3-6-16(21)18-10-13-11-20-7-8-24-17(20)19-13/h4-5,7-9,11H,3,6,10H2,1-2H3,(H,18,21). The van der Waals surface area contributed by atoms with Gasteiger partial charge in [0.1, 0.15) is 11.5 Å². The molecule has 0 fully saturated rings. The van der Waals surface area contributed by atoms with Crippen LogP contribution in [0.25, 0.3) is 4.96 Å². The topological polar surface area (TPSA) is 64.9 Å². The summed E-state index contributed by atoms with van der Waals surface area (Å²) >= 11 is 1.57. The molecule has 24 heavy (non-hydrogen) atoms. The molecule has 0 aliphatic carbocycles. The molecule has 126 valence electrons. The van der Waals surface area contributed by atoms with Crippen molar-refractivity contribution >= 4 is 22.2 Å². The molecule has 0 radical (unpaired) electrons. The van der Waals surface area contributed by atoms with Crippen LogP contribution in [0.1, 0.15) is 17.7 Å². The second kappa shape index (κ2) is 7.35. The van der Waals surface area contributed by atoms with E-state index >= 15 is 0 Å². The molecular formula is C17H19N3O3S. The number of methoxy groups -OCH3 is 2. The number of hydrogen-bond donors (Lipinski definition) is 1. The summed E-state index contributed by atoms with van der Waals surface area (Å²) in [5.41, 5.74) is 1.81. The zero-order valence-corrected chi connectivity index (χ0v) is 14.4. The second-order valence-electron chi connectivity index (χ2n) is 5.28. The first-order valence-corrected chi connectivity index (χ1v) is 8.46. The van der Waals surface area contributed by atoms with E-state index in [0.717, 1.165) is 27.7 Å². The average molecular weight is 345 g/mol. The predicted molar refractivity (Wildman–Crippen MR) is 92.8 cm³/mol. The van der Waals surface area contributed by atoms with Crippen molar-refractivity contribution in [2.45, 2.75) is 19.4 Å². The van der Waals surface area contributed by atoms with Crippen molar-refractivity contribution in [1.82, 2.24) is 14.7 Å². The average Bonchev–Trinajstić information content (AvgIpc) is 3.19. The molecule has 0 unspecified atom stereocenters. The maximum Gasteiger partial charge on any atom is 0.220 e. The van der Waals surface area contributed by atoms with Crippen LogP contribution >= 0.6 is 11.3 Å². The molecule has 0 atom stereocenters. The minimum absolute atomic E-state index is 0.0174. The van der Waals surface area contributed by atoms with Gasteiger partial charge in [0.05, 0.1) is 26.5 Å². The Morgan fingerprint density at radius 1 is 1.33 bits per heavy atom. The van der Waals surface area contributed by atoms with Gasteiger partial charge in [-0.25, -0.2) is 4.98 Å². The first kappa shape index (κ1) is 16.3. The van der Waals surface area contributed by atoms with Crippen LogP contribution in [-0.2, 0) is 17.8 Å². The van der Waals surface area contributed by atoms with Gasteiger partial charge in [0, 0.05) is 24.2 Å². The lowest BCUT2D eigenvalue weighted by atomic mass is 10.1. The quantitative estimate of drug-likeness (QED) is 0.715. The fraction of sp³-hybridized carbons (Fsp3) is 0.294. The highest BCUT2D eigenvalue weighted by atomic mass is 32.1. The number of thiazole rings is 1. The van der Waals surface area contributed by atoms with Gasteiger partial charge >= 0.3 is 0 Å². The monoisotopic (exact) mass is 345 g/mol. The zero-order valence-electron chi connectivity index (χ0n) is 13.6. The molecule has 0 bridgehead atoms. The van der Waals surface area contributed by atoms with Crippen LogP contribution < -0.4 is 14.8 Å². The van der Waals surface area contributed by atoms with Gasteiger partial charge in [-0.2, -0.15) is 0 Å². The molecule has 2 aromatic heterocycles. The number of fused-ring (bicyclic) bond motifs is 1. The minimum Gasteiger partial charge on any atom is -0.497 e. The summed E-state index contributed by atoms with van der Waals surface area (Å²) < 4.78 is 12.5. The molecule has 1 aromatic carbocycles. The summed E-state index contributed by atoms with van der Waals surface area (Å²) in [5, 5.41) is 4.88. The Morgan fingerprint density at radius 2 is 2.21 bits per heavy atom. The van der Waals surface area contributed by atoms with Crippen molar-refractivity contribution in [3.05, 3.63) is 47.2 Å². The SMILES string of the molecule is COc1ccc(OC)c(CCC(=O)NCc2cn3ccsc3n2)c1. The van der Waals surface area contributed by atoms with Gasteiger partial charge in [-0.05, 0) is 30.2 Å². The number of amides is 1. The summed E-state index contributed by atoms with van der Waals surface area (Å²) in [4.78, 5) is 17.5. The van der Waals surface area contributed by atoms with E-state index in [2.05, 4.69) is 10.3 Å². The van der Waals surface area contributed by atoms with Crippen molar-refractivity contribution < 1.29 is 14.3 Å². The number of carbonyl (C=O) groups excluding carboxylic acids is 1. The Balaban J connectivity index is 1.54. The van der Waals surface area contributed by atoms with Crippen LogP contribution in [0.3, 0.4) is 0 Å². The fourth-order valence-electron chi connectivity index (χ4n) is 2.46. The highest BCUT2D eigenvalue weighted by Gasteiger charge is 2.09. The van der Waals surface area contributed by atoms with Gasteiger partial charge in [-0.1, -0.05) is 0 Å². The number of benzene rings is 1. The molecule has 1 N–H and O–H groups in total. The van der Waals surface area contributed by atoms with Gasteiger partial charge < -0.3 is 14.8 Å². The van der Waals surface area contributed by atoms with Gasteiger partial charge in [-0.15, -0.1) is 11.3 Å². The highest BCUT2D eigenvalue weighted by molar-refractivity contribution is 7.15. The van der Waals surface area contributed by atoms with Crippen molar-refractivity contribution in [2.24, 2.45) is 0 Å². The molecular weight excluding hydrogens is 326 g/mol. The maximum absolute atomic E-state index is 12.1. The summed E-state index contributed by atoms with van der Waals surface area (Å²) in [6, 6.07) is 5.59. The van der Waals surface area contributed by atoms with E-state index in [0.29, 0.717) is 19.4 Å². The third-order valence-electron chi connectivity index (χ3n) is 3.72. The van der Waals surface area contributed by atoms with E-state index < -0.39 is 0 Å². The lowest BCUT2D eigenvalue weighted by Gasteiger charge is -2.10. The van der Waals surface area contributed by atoms with Crippen LogP contribution in [0.2, 0.25) is 0 Å². The number of ether oxygens (including phenoxy) is 2. The lowest BCUT2D eigenvalue weighted by Crippen LogP contribution is -2.23. The van der Waals surface area contributed by atoms with E-state index in [4.69, 9.17) is 9.47 Å². The van der Waals surface area contributed by atoms with Crippen molar-refractivity contribution in [2.75, 3.05) is 14.2 Å². The Labute approximate surface area is 144 Å². The summed E-state index contributed by atoms with van der Waals surface area (Å²) in [5.74, 6) is 1.50. The van der Waals surface area contributed by atoms with Gasteiger partial charge in [0.25, 0.3) is 0 Å². The van der Waals surface area contributed by atoms with Gasteiger partial charge in [-0.3, -0.25) is 9.20 Å². The molecule has 6 nitrogen and oxygen atoms in total. The number of hydrogen-bond acceptors (Lipinski definition) is 5. The number of nitrogens with zero attached hydrogens (tertiary/aromatic N) is 2. The number of imidazole rings is 1. The molecule has 0 saturated heterocycles. The van der Waals surface area contributed by atoms with Crippen LogP contribution in [-0.4, -0.2) is 29.5 Å². The molecule has 7 heteroatoms. The first-order chi connectivity index (χ1) is 11.7. The number of aryl methyl sites for hydroxylation is 1. The highest BCUT2D eigenvalue weighted by Crippen LogP contribution is 2.25. The number of aromatic nitrogens is 2. The summed E-state index contributed by atoms with van der Waals surface area (Å²) in [6.07, 6.45) is 4.85. The van der Waals surface area contributed by atoms with Gasteiger partial charge in [0.2, 0.25) is 5.91 Å². The number of rotatable bonds is 7.